The maximum atomic E-state index is 12.0. The number of nitrogens with one attached hydrogen (secondary N) is 1. The van der Waals surface area contributed by atoms with E-state index in [9.17, 15) is 9.59 Å². The first-order chi connectivity index (χ1) is 10.5. The Bertz CT molecular complexity index is 685. The van der Waals surface area contributed by atoms with Gasteiger partial charge in [-0.3, -0.25) is 4.79 Å². The van der Waals surface area contributed by atoms with E-state index in [-0.39, 0.29) is 11.5 Å². The quantitative estimate of drug-likeness (QED) is 0.885. The maximum absolute atomic E-state index is 12.0. The number of carbonyl (C=O) groups excluding carboxylic acids is 1. The van der Waals surface area contributed by atoms with E-state index in [1.807, 2.05) is 0 Å². The van der Waals surface area contributed by atoms with E-state index in [2.05, 4.69) is 5.32 Å². The van der Waals surface area contributed by atoms with Crippen molar-refractivity contribution in [1.82, 2.24) is 0 Å². The molecule has 1 unspecified atom stereocenters. The second-order valence-corrected chi connectivity index (χ2v) is 5.03. The van der Waals surface area contributed by atoms with Crippen molar-refractivity contribution in [2.75, 3.05) is 5.32 Å². The van der Waals surface area contributed by atoms with E-state index in [4.69, 9.17) is 21.4 Å². The van der Waals surface area contributed by atoms with Crippen LogP contribution in [0.4, 0.5) is 5.69 Å². The Morgan fingerprint density at radius 2 is 1.86 bits per heavy atom. The average molecular weight is 320 g/mol. The third-order valence-electron chi connectivity index (χ3n) is 2.88. The molecule has 0 radical (unpaired) electrons. The highest BCUT2D eigenvalue weighted by Gasteiger charge is 2.15. The first-order valence-electron chi connectivity index (χ1n) is 6.52. The second-order valence-electron chi connectivity index (χ2n) is 4.59. The summed E-state index contributed by atoms with van der Waals surface area (Å²) in [4.78, 5) is 22.8. The molecule has 0 fully saturated rings. The third kappa shape index (κ3) is 4.23. The zero-order valence-corrected chi connectivity index (χ0v) is 12.5. The first-order valence-corrected chi connectivity index (χ1v) is 6.90. The molecule has 6 heteroatoms. The number of anilines is 1. The van der Waals surface area contributed by atoms with Gasteiger partial charge in [0.05, 0.1) is 5.56 Å². The fourth-order valence-corrected chi connectivity index (χ4v) is 1.92. The van der Waals surface area contributed by atoms with Gasteiger partial charge in [-0.15, -0.1) is 0 Å². The molecule has 2 rings (SSSR count). The molecule has 22 heavy (non-hydrogen) atoms. The monoisotopic (exact) mass is 319 g/mol. The number of hydrogen-bond donors (Lipinski definition) is 2. The fourth-order valence-electron chi connectivity index (χ4n) is 1.74. The molecule has 0 saturated heterocycles. The van der Waals surface area contributed by atoms with Crippen LogP contribution in [-0.2, 0) is 4.79 Å². The number of halogens is 1. The largest absolute Gasteiger partial charge is 0.481 e. The van der Waals surface area contributed by atoms with Crippen molar-refractivity contribution < 1.29 is 19.4 Å². The SMILES string of the molecule is CC(Oc1cccc(Cl)c1)C(=O)Nc1ccc(C(=O)O)cc1. The Kier molecular flexibility index (Phi) is 5.01. The van der Waals surface area contributed by atoms with E-state index >= 15 is 0 Å². The number of amides is 1. The zero-order chi connectivity index (χ0) is 16.1. The predicted octanol–water partition coefficient (Wildman–Crippen LogP) is 3.44. The molecule has 2 aromatic rings. The normalized spacial score (nSPS) is 11.5. The number of aromatic carboxylic acids is 1. The summed E-state index contributed by atoms with van der Waals surface area (Å²) in [6, 6.07) is 12.6. The highest BCUT2D eigenvalue weighted by atomic mass is 35.5. The van der Waals surface area contributed by atoms with E-state index in [0.717, 1.165) is 0 Å². The number of ether oxygens (including phenoxy) is 1. The van der Waals surface area contributed by atoms with Crippen molar-refractivity contribution in [2.24, 2.45) is 0 Å². The van der Waals surface area contributed by atoms with Gasteiger partial charge in [0.25, 0.3) is 5.91 Å². The molecule has 0 spiro atoms. The van der Waals surface area contributed by atoms with Gasteiger partial charge in [0, 0.05) is 10.7 Å². The average Bonchev–Trinajstić information content (AvgIpc) is 2.47. The number of carboxylic acid groups (broad SMARTS) is 1. The minimum Gasteiger partial charge on any atom is -0.481 e. The molecule has 0 aliphatic rings. The lowest BCUT2D eigenvalue weighted by molar-refractivity contribution is -0.122. The molecular formula is C16H14ClNO4. The molecule has 0 aliphatic heterocycles. The van der Waals surface area contributed by atoms with Crippen LogP contribution in [0.3, 0.4) is 0 Å². The predicted molar refractivity (Wildman–Crippen MR) is 83.6 cm³/mol. The number of benzene rings is 2. The molecule has 2 N–H and O–H groups in total. The van der Waals surface area contributed by atoms with Gasteiger partial charge in [0.1, 0.15) is 5.75 Å². The number of hydrogen-bond acceptors (Lipinski definition) is 3. The van der Waals surface area contributed by atoms with E-state index in [1.54, 1.807) is 31.2 Å². The second kappa shape index (κ2) is 6.95. The summed E-state index contributed by atoms with van der Waals surface area (Å²) >= 11 is 5.85. The number of carbonyl (C=O) groups is 2. The summed E-state index contributed by atoms with van der Waals surface area (Å²) in [5.74, 6) is -0.866. The van der Waals surface area contributed by atoms with Gasteiger partial charge in [0.15, 0.2) is 6.10 Å². The van der Waals surface area contributed by atoms with Crippen molar-refractivity contribution in [3.8, 4) is 5.75 Å². The van der Waals surface area contributed by atoms with Crippen molar-refractivity contribution in [3.05, 3.63) is 59.1 Å². The van der Waals surface area contributed by atoms with Crippen LogP contribution in [0.5, 0.6) is 5.75 Å². The van der Waals surface area contributed by atoms with E-state index in [1.165, 1.54) is 24.3 Å². The Hall–Kier alpha value is -2.53. The van der Waals surface area contributed by atoms with E-state index in [0.29, 0.717) is 16.5 Å². The molecule has 0 heterocycles. The summed E-state index contributed by atoms with van der Waals surface area (Å²) < 4.78 is 5.50. The molecule has 1 atom stereocenters. The number of carboxylic acids is 1. The topological polar surface area (TPSA) is 75.6 Å². The zero-order valence-electron chi connectivity index (χ0n) is 11.7. The van der Waals surface area contributed by atoms with Crippen molar-refractivity contribution in [1.29, 1.82) is 0 Å². The lowest BCUT2D eigenvalue weighted by Gasteiger charge is -2.15. The lowest BCUT2D eigenvalue weighted by Crippen LogP contribution is -2.30. The van der Waals surface area contributed by atoms with Crippen molar-refractivity contribution in [3.63, 3.8) is 0 Å². The van der Waals surface area contributed by atoms with Gasteiger partial charge in [-0.05, 0) is 49.4 Å². The van der Waals surface area contributed by atoms with Crippen LogP contribution >= 0.6 is 11.6 Å². The number of rotatable bonds is 5. The smallest absolute Gasteiger partial charge is 0.335 e. The standard InChI is InChI=1S/C16H14ClNO4/c1-10(22-14-4-2-3-12(17)9-14)15(19)18-13-7-5-11(6-8-13)16(20)21/h2-10H,1H3,(H,18,19)(H,20,21). The van der Waals surface area contributed by atoms with Gasteiger partial charge in [-0.2, -0.15) is 0 Å². The minimum absolute atomic E-state index is 0.154. The Morgan fingerprint density at radius 1 is 1.18 bits per heavy atom. The summed E-state index contributed by atoms with van der Waals surface area (Å²) in [7, 11) is 0. The Labute approximate surface area is 132 Å². The van der Waals surface area contributed by atoms with E-state index < -0.39 is 12.1 Å². The lowest BCUT2D eigenvalue weighted by atomic mass is 10.2. The molecule has 0 bridgehead atoms. The van der Waals surface area contributed by atoms with Crippen LogP contribution < -0.4 is 10.1 Å². The van der Waals surface area contributed by atoms with Gasteiger partial charge in [-0.25, -0.2) is 4.79 Å². The summed E-state index contributed by atoms with van der Waals surface area (Å²) in [5.41, 5.74) is 0.651. The molecule has 1 amide bonds. The first kappa shape index (κ1) is 15.9. The van der Waals surface area contributed by atoms with Crippen LogP contribution in [-0.4, -0.2) is 23.1 Å². The highest BCUT2D eigenvalue weighted by molar-refractivity contribution is 6.30. The summed E-state index contributed by atoms with van der Waals surface area (Å²) in [6.07, 6.45) is -0.724. The minimum atomic E-state index is -1.02. The van der Waals surface area contributed by atoms with Crippen molar-refractivity contribution >= 4 is 29.2 Å². The summed E-state index contributed by atoms with van der Waals surface area (Å²) in [5, 5.41) is 12.0. The third-order valence-corrected chi connectivity index (χ3v) is 3.11. The Morgan fingerprint density at radius 3 is 2.45 bits per heavy atom. The fraction of sp³-hybridized carbons (Fsp3) is 0.125. The van der Waals surface area contributed by atoms with Gasteiger partial charge in [0.2, 0.25) is 0 Å². The molecule has 2 aromatic carbocycles. The van der Waals surface area contributed by atoms with Crippen LogP contribution in [0.2, 0.25) is 5.02 Å². The van der Waals surface area contributed by atoms with Gasteiger partial charge >= 0.3 is 5.97 Å². The van der Waals surface area contributed by atoms with Crippen LogP contribution in [0.15, 0.2) is 48.5 Å². The highest BCUT2D eigenvalue weighted by Crippen LogP contribution is 2.19. The van der Waals surface area contributed by atoms with Gasteiger partial charge in [-0.1, -0.05) is 17.7 Å². The van der Waals surface area contributed by atoms with Crippen LogP contribution in [0, 0.1) is 0 Å². The van der Waals surface area contributed by atoms with Crippen LogP contribution in [0.1, 0.15) is 17.3 Å². The van der Waals surface area contributed by atoms with Crippen molar-refractivity contribution in [2.45, 2.75) is 13.0 Å². The Balaban J connectivity index is 1.97. The molecule has 0 saturated carbocycles. The molecule has 5 nitrogen and oxygen atoms in total. The van der Waals surface area contributed by atoms with Crippen LogP contribution in [0.25, 0.3) is 0 Å². The summed E-state index contributed by atoms with van der Waals surface area (Å²) in [6.45, 7) is 1.61. The van der Waals surface area contributed by atoms with Gasteiger partial charge < -0.3 is 15.2 Å². The molecular weight excluding hydrogens is 306 g/mol. The molecule has 114 valence electrons. The molecule has 0 aromatic heterocycles. The molecule has 0 aliphatic carbocycles. The maximum Gasteiger partial charge on any atom is 0.335 e.